The first-order valence-corrected chi connectivity index (χ1v) is 7.34. The Morgan fingerprint density at radius 1 is 1.13 bits per heavy atom. The molecule has 0 amide bonds. The average Bonchev–Trinajstić information content (AvgIpc) is 3.10. The third kappa shape index (κ3) is 3.04. The Bertz CT molecular complexity index is 811. The maximum Gasteiger partial charge on any atom is 0.212 e. The van der Waals surface area contributed by atoms with Crippen molar-refractivity contribution in [1.29, 1.82) is 0 Å². The summed E-state index contributed by atoms with van der Waals surface area (Å²) >= 11 is 0. The smallest absolute Gasteiger partial charge is 0.212 e. The summed E-state index contributed by atoms with van der Waals surface area (Å²) in [5.41, 5.74) is 5.88. The number of aromatic amines is 1. The molecule has 1 N–H and O–H groups in total. The van der Waals surface area contributed by atoms with Crippen LogP contribution in [-0.4, -0.2) is 29.9 Å². The van der Waals surface area contributed by atoms with Gasteiger partial charge in [0.1, 0.15) is 11.5 Å². The van der Waals surface area contributed by atoms with Gasteiger partial charge in [0.15, 0.2) is 0 Å². The largest absolute Gasteiger partial charge is 0.494 e. The number of methoxy groups -OCH3 is 2. The van der Waals surface area contributed by atoms with Gasteiger partial charge in [-0.05, 0) is 37.6 Å². The minimum atomic E-state index is 0.580. The van der Waals surface area contributed by atoms with Crippen LogP contribution in [-0.2, 0) is 4.74 Å². The minimum absolute atomic E-state index is 0.580. The van der Waals surface area contributed by atoms with Gasteiger partial charge in [-0.3, -0.25) is 0 Å². The number of aryl methyl sites for hydroxylation is 2. The molecule has 0 unspecified atom stereocenters. The predicted octanol–water partition coefficient (Wildman–Crippen LogP) is 3.41. The molecule has 0 atom stereocenters. The van der Waals surface area contributed by atoms with E-state index in [1.54, 1.807) is 20.4 Å². The number of pyridine rings is 1. The van der Waals surface area contributed by atoms with Crippen molar-refractivity contribution in [2.24, 2.45) is 4.99 Å². The first-order valence-electron chi connectivity index (χ1n) is 7.34. The van der Waals surface area contributed by atoms with Crippen LogP contribution >= 0.6 is 0 Å². The van der Waals surface area contributed by atoms with Crippen LogP contribution in [0.5, 0.6) is 5.88 Å². The maximum absolute atomic E-state index is 5.46. The Kier molecular flexibility index (Phi) is 4.02. The van der Waals surface area contributed by atoms with Crippen LogP contribution in [0.2, 0.25) is 0 Å². The number of aromatic nitrogens is 2. The van der Waals surface area contributed by atoms with Crippen molar-refractivity contribution in [3.8, 4) is 5.88 Å². The predicted molar refractivity (Wildman–Crippen MR) is 90.7 cm³/mol. The summed E-state index contributed by atoms with van der Waals surface area (Å²) in [7, 11) is 3.25. The monoisotopic (exact) mass is 309 g/mol. The number of H-pyrrole nitrogens is 1. The molecule has 0 saturated carbocycles. The van der Waals surface area contributed by atoms with Crippen molar-refractivity contribution in [3.63, 3.8) is 0 Å². The number of nitrogens with one attached hydrogen (secondary N) is 1. The van der Waals surface area contributed by atoms with Gasteiger partial charge in [0.25, 0.3) is 0 Å². The van der Waals surface area contributed by atoms with Gasteiger partial charge in [0.2, 0.25) is 5.88 Å². The molecular weight excluding hydrogens is 290 g/mol. The quantitative estimate of drug-likeness (QED) is 0.941. The van der Waals surface area contributed by atoms with Gasteiger partial charge in [0.05, 0.1) is 19.9 Å². The Morgan fingerprint density at radius 3 is 2.52 bits per heavy atom. The SMILES string of the molecule is COC1=CC(c2ccc(OC)nc2)=N/C1=C\c1[nH]c(C)cc1C. The van der Waals surface area contributed by atoms with Crippen LogP contribution in [0.3, 0.4) is 0 Å². The molecule has 2 aromatic heterocycles. The van der Waals surface area contributed by atoms with Crippen molar-refractivity contribution in [2.45, 2.75) is 13.8 Å². The van der Waals surface area contributed by atoms with Crippen molar-refractivity contribution >= 4 is 11.8 Å². The molecular formula is C18H19N3O2. The van der Waals surface area contributed by atoms with Crippen LogP contribution < -0.4 is 4.74 Å². The molecule has 118 valence electrons. The van der Waals surface area contributed by atoms with Crippen molar-refractivity contribution in [2.75, 3.05) is 14.2 Å². The topological polar surface area (TPSA) is 59.5 Å². The van der Waals surface area contributed by atoms with E-state index in [2.05, 4.69) is 28.0 Å². The third-order valence-electron chi connectivity index (χ3n) is 3.69. The molecule has 0 saturated heterocycles. The Hall–Kier alpha value is -2.82. The zero-order valence-corrected chi connectivity index (χ0v) is 13.7. The molecule has 0 bridgehead atoms. The summed E-state index contributed by atoms with van der Waals surface area (Å²) < 4.78 is 10.5. The number of aliphatic imine (C=N–C) groups is 1. The Morgan fingerprint density at radius 2 is 1.96 bits per heavy atom. The first-order chi connectivity index (χ1) is 11.1. The van der Waals surface area contributed by atoms with Gasteiger partial charge in [-0.15, -0.1) is 0 Å². The lowest BCUT2D eigenvalue weighted by atomic mass is 10.2. The van der Waals surface area contributed by atoms with E-state index in [-0.39, 0.29) is 0 Å². The maximum atomic E-state index is 5.46. The summed E-state index contributed by atoms with van der Waals surface area (Å²) in [5.74, 6) is 1.32. The van der Waals surface area contributed by atoms with Gasteiger partial charge >= 0.3 is 0 Å². The van der Waals surface area contributed by atoms with E-state index in [1.807, 2.05) is 31.2 Å². The molecule has 23 heavy (non-hydrogen) atoms. The fourth-order valence-electron chi connectivity index (χ4n) is 2.52. The van der Waals surface area contributed by atoms with Gasteiger partial charge < -0.3 is 14.5 Å². The second-order valence-corrected chi connectivity index (χ2v) is 5.38. The summed E-state index contributed by atoms with van der Waals surface area (Å²) in [5, 5.41) is 0. The highest BCUT2D eigenvalue weighted by atomic mass is 16.5. The standard InChI is InChI=1S/C18H19N3O2/c1-11-7-12(2)20-14(11)8-16-17(22-3)9-15(21-16)13-5-6-18(23-4)19-10-13/h5-10,20H,1-4H3/b16-8-. The highest BCUT2D eigenvalue weighted by Gasteiger charge is 2.17. The fourth-order valence-corrected chi connectivity index (χ4v) is 2.52. The summed E-state index contributed by atoms with van der Waals surface area (Å²) in [6, 6.07) is 5.86. The van der Waals surface area contributed by atoms with Gasteiger partial charge in [-0.1, -0.05) is 0 Å². The van der Waals surface area contributed by atoms with Gasteiger partial charge in [-0.25, -0.2) is 9.98 Å². The second-order valence-electron chi connectivity index (χ2n) is 5.38. The summed E-state index contributed by atoms with van der Waals surface area (Å²) in [6.07, 6.45) is 5.66. The molecule has 2 aromatic rings. The number of rotatable bonds is 4. The van der Waals surface area contributed by atoms with Gasteiger partial charge in [-0.2, -0.15) is 0 Å². The molecule has 5 heteroatoms. The number of hydrogen-bond acceptors (Lipinski definition) is 4. The molecule has 1 aliphatic rings. The average molecular weight is 309 g/mol. The van der Waals surface area contributed by atoms with Crippen LogP contribution in [0.1, 0.15) is 22.5 Å². The molecule has 3 heterocycles. The zero-order valence-electron chi connectivity index (χ0n) is 13.7. The van der Waals surface area contributed by atoms with E-state index < -0.39 is 0 Å². The Labute approximate surface area is 135 Å². The van der Waals surface area contributed by atoms with E-state index in [0.29, 0.717) is 5.88 Å². The minimum Gasteiger partial charge on any atom is -0.494 e. The normalized spacial score (nSPS) is 15.6. The second kappa shape index (κ2) is 6.12. The van der Waals surface area contributed by atoms with E-state index in [1.165, 1.54) is 5.56 Å². The zero-order chi connectivity index (χ0) is 16.4. The highest BCUT2D eigenvalue weighted by molar-refractivity contribution is 6.12. The number of ether oxygens (including phenoxy) is 2. The Balaban J connectivity index is 1.97. The van der Waals surface area contributed by atoms with Crippen LogP contribution in [0, 0.1) is 13.8 Å². The van der Waals surface area contributed by atoms with Crippen molar-refractivity contribution < 1.29 is 9.47 Å². The van der Waals surface area contributed by atoms with Gasteiger partial charge in [0, 0.05) is 35.3 Å². The fraction of sp³-hybridized carbons (Fsp3) is 0.222. The molecule has 0 aliphatic carbocycles. The molecule has 0 spiro atoms. The molecule has 0 fully saturated rings. The van der Waals surface area contributed by atoms with Crippen LogP contribution in [0.4, 0.5) is 0 Å². The summed E-state index contributed by atoms with van der Waals surface area (Å²) in [6.45, 7) is 4.10. The lowest BCUT2D eigenvalue weighted by molar-refractivity contribution is 0.303. The third-order valence-corrected chi connectivity index (χ3v) is 3.69. The molecule has 3 rings (SSSR count). The lowest BCUT2D eigenvalue weighted by Crippen LogP contribution is -1.96. The van der Waals surface area contributed by atoms with E-state index in [9.17, 15) is 0 Å². The highest BCUT2D eigenvalue weighted by Crippen LogP contribution is 2.26. The molecule has 5 nitrogen and oxygen atoms in total. The summed E-state index contributed by atoms with van der Waals surface area (Å²) in [4.78, 5) is 12.2. The molecule has 0 radical (unpaired) electrons. The number of allylic oxidation sites excluding steroid dienone is 1. The van der Waals surface area contributed by atoms with E-state index >= 15 is 0 Å². The first kappa shape index (κ1) is 15.1. The van der Waals surface area contributed by atoms with E-state index in [0.717, 1.165) is 34.1 Å². The lowest BCUT2D eigenvalue weighted by Gasteiger charge is -2.01. The van der Waals surface area contributed by atoms with Crippen LogP contribution in [0.25, 0.3) is 6.08 Å². The van der Waals surface area contributed by atoms with Crippen molar-refractivity contribution in [3.05, 3.63) is 64.4 Å². The molecule has 0 aromatic carbocycles. The van der Waals surface area contributed by atoms with E-state index in [4.69, 9.17) is 9.47 Å². The number of nitrogens with zero attached hydrogens (tertiary/aromatic N) is 2. The van der Waals surface area contributed by atoms with Crippen molar-refractivity contribution in [1.82, 2.24) is 9.97 Å². The number of hydrogen-bond donors (Lipinski definition) is 1. The molecule has 1 aliphatic heterocycles. The van der Waals surface area contributed by atoms with Crippen LogP contribution in [0.15, 0.2) is 46.9 Å².